The number of carbonyl (C=O) groups excluding carboxylic acids is 2. The fourth-order valence-electron chi connectivity index (χ4n) is 3.30. The predicted molar refractivity (Wildman–Crippen MR) is 83.3 cm³/mol. The van der Waals surface area contributed by atoms with Crippen molar-refractivity contribution in [2.45, 2.75) is 45.1 Å². The number of anilines is 1. The normalized spacial score (nSPS) is 23.2. The Bertz CT molecular complexity index is 537. The molecule has 0 radical (unpaired) electrons. The van der Waals surface area contributed by atoms with Crippen molar-refractivity contribution >= 4 is 28.6 Å². The zero-order valence-corrected chi connectivity index (χ0v) is 13.1. The Morgan fingerprint density at radius 3 is 2.90 bits per heavy atom. The highest BCUT2D eigenvalue weighted by atomic mass is 32.2. The maximum Gasteiger partial charge on any atom is 0.228 e. The lowest BCUT2D eigenvalue weighted by Gasteiger charge is -2.21. The van der Waals surface area contributed by atoms with Crippen molar-refractivity contribution in [2.75, 3.05) is 17.2 Å². The number of amides is 1. The van der Waals surface area contributed by atoms with Crippen molar-refractivity contribution in [1.82, 2.24) is 9.78 Å². The summed E-state index contributed by atoms with van der Waals surface area (Å²) in [6, 6.07) is 2.38. The zero-order chi connectivity index (χ0) is 14.8. The predicted octanol–water partition coefficient (Wildman–Crippen LogP) is 2.63. The minimum Gasteiger partial charge on any atom is -0.297 e. The first-order valence-electron chi connectivity index (χ1n) is 7.62. The first-order chi connectivity index (χ1) is 10.1. The molecule has 1 aliphatic heterocycles. The molecule has 1 saturated carbocycles. The topological polar surface area (TPSA) is 55.2 Å². The summed E-state index contributed by atoms with van der Waals surface area (Å²) in [5.41, 5.74) is 0. The fraction of sp³-hybridized carbons (Fsp3) is 0.667. The molecule has 1 saturated heterocycles. The Labute approximate surface area is 129 Å². The van der Waals surface area contributed by atoms with Gasteiger partial charge in [0.15, 0.2) is 5.12 Å². The lowest BCUT2D eigenvalue weighted by molar-refractivity contribution is -0.117. The maximum absolute atomic E-state index is 12.3. The SMILES string of the molecule is CC(=O)SCC1CC(=O)N(c2ccnn2C2CCCC2)C1. The first-order valence-corrected chi connectivity index (χ1v) is 8.61. The van der Waals surface area contributed by atoms with E-state index in [4.69, 9.17) is 0 Å². The number of rotatable bonds is 4. The lowest BCUT2D eigenvalue weighted by Crippen LogP contribution is -2.28. The Hall–Kier alpha value is -1.30. The van der Waals surface area contributed by atoms with Crippen LogP contribution in [-0.2, 0) is 9.59 Å². The van der Waals surface area contributed by atoms with Crippen LogP contribution in [0, 0.1) is 5.92 Å². The van der Waals surface area contributed by atoms with Gasteiger partial charge in [-0.05, 0) is 18.8 Å². The van der Waals surface area contributed by atoms with Crippen LogP contribution in [0.25, 0.3) is 0 Å². The van der Waals surface area contributed by atoms with Gasteiger partial charge in [0, 0.05) is 31.7 Å². The number of hydrogen-bond acceptors (Lipinski definition) is 4. The second-order valence-corrected chi connectivity index (χ2v) is 7.15. The van der Waals surface area contributed by atoms with E-state index >= 15 is 0 Å². The molecule has 3 rings (SSSR count). The summed E-state index contributed by atoms with van der Waals surface area (Å²) >= 11 is 1.32. The van der Waals surface area contributed by atoms with Crippen LogP contribution in [0.2, 0.25) is 0 Å². The monoisotopic (exact) mass is 307 g/mol. The quantitative estimate of drug-likeness (QED) is 0.858. The van der Waals surface area contributed by atoms with Gasteiger partial charge in [-0.1, -0.05) is 24.6 Å². The third-order valence-electron chi connectivity index (χ3n) is 4.32. The molecule has 1 unspecified atom stereocenters. The van der Waals surface area contributed by atoms with E-state index < -0.39 is 0 Å². The number of aromatic nitrogens is 2. The van der Waals surface area contributed by atoms with Gasteiger partial charge in [0.25, 0.3) is 0 Å². The molecule has 6 heteroatoms. The molecule has 0 bridgehead atoms. The van der Waals surface area contributed by atoms with Crippen LogP contribution in [0.3, 0.4) is 0 Å². The second-order valence-electron chi connectivity index (χ2n) is 5.95. The van der Waals surface area contributed by atoms with Crippen molar-refractivity contribution < 1.29 is 9.59 Å². The second kappa shape index (κ2) is 6.22. The van der Waals surface area contributed by atoms with Gasteiger partial charge in [-0.2, -0.15) is 5.10 Å². The summed E-state index contributed by atoms with van der Waals surface area (Å²) in [4.78, 5) is 25.2. The zero-order valence-electron chi connectivity index (χ0n) is 12.3. The average molecular weight is 307 g/mol. The molecule has 1 amide bonds. The average Bonchev–Trinajstić information content (AvgIpc) is 3.15. The molecule has 2 aliphatic rings. The highest BCUT2D eigenvalue weighted by Crippen LogP contribution is 2.34. The van der Waals surface area contributed by atoms with Crippen molar-refractivity contribution in [3.63, 3.8) is 0 Å². The molecular formula is C15H21N3O2S. The number of hydrogen-bond donors (Lipinski definition) is 0. The van der Waals surface area contributed by atoms with Crippen LogP contribution >= 0.6 is 11.8 Å². The molecule has 1 aromatic heterocycles. The van der Waals surface area contributed by atoms with E-state index in [1.165, 1.54) is 24.6 Å². The van der Waals surface area contributed by atoms with E-state index in [0.29, 0.717) is 19.0 Å². The molecular weight excluding hydrogens is 286 g/mol. The van der Waals surface area contributed by atoms with Gasteiger partial charge in [0.1, 0.15) is 5.82 Å². The van der Waals surface area contributed by atoms with E-state index in [-0.39, 0.29) is 16.9 Å². The van der Waals surface area contributed by atoms with Crippen LogP contribution < -0.4 is 4.90 Å². The van der Waals surface area contributed by atoms with Crippen LogP contribution in [0.15, 0.2) is 12.3 Å². The van der Waals surface area contributed by atoms with Gasteiger partial charge in [0.2, 0.25) is 5.91 Å². The molecule has 1 atom stereocenters. The summed E-state index contributed by atoms with van der Waals surface area (Å²) in [5, 5.41) is 4.56. The van der Waals surface area contributed by atoms with E-state index in [0.717, 1.165) is 24.4 Å². The van der Waals surface area contributed by atoms with Crippen molar-refractivity contribution in [1.29, 1.82) is 0 Å². The summed E-state index contributed by atoms with van der Waals surface area (Å²) in [6.07, 6.45) is 7.13. The van der Waals surface area contributed by atoms with Crippen LogP contribution in [0.5, 0.6) is 0 Å². The molecule has 2 fully saturated rings. The van der Waals surface area contributed by atoms with Crippen molar-refractivity contribution in [2.24, 2.45) is 5.92 Å². The van der Waals surface area contributed by atoms with Gasteiger partial charge < -0.3 is 0 Å². The van der Waals surface area contributed by atoms with Crippen molar-refractivity contribution in [3.8, 4) is 0 Å². The summed E-state index contributed by atoms with van der Waals surface area (Å²) in [5.74, 6) is 2.08. The summed E-state index contributed by atoms with van der Waals surface area (Å²) in [6.45, 7) is 2.28. The minimum atomic E-state index is 0.122. The number of carbonyl (C=O) groups is 2. The third-order valence-corrected chi connectivity index (χ3v) is 5.37. The molecule has 0 spiro atoms. The largest absolute Gasteiger partial charge is 0.297 e. The molecule has 1 aromatic rings. The molecule has 1 aliphatic carbocycles. The Morgan fingerprint density at radius 1 is 1.43 bits per heavy atom. The lowest BCUT2D eigenvalue weighted by atomic mass is 10.1. The minimum absolute atomic E-state index is 0.122. The van der Waals surface area contributed by atoms with E-state index in [1.807, 2.05) is 15.6 Å². The van der Waals surface area contributed by atoms with E-state index in [9.17, 15) is 9.59 Å². The summed E-state index contributed by atoms with van der Waals surface area (Å²) in [7, 11) is 0. The molecule has 0 aromatic carbocycles. The highest BCUT2D eigenvalue weighted by molar-refractivity contribution is 8.13. The fourth-order valence-corrected chi connectivity index (χ4v) is 3.99. The highest BCUT2D eigenvalue weighted by Gasteiger charge is 2.33. The van der Waals surface area contributed by atoms with Crippen molar-refractivity contribution in [3.05, 3.63) is 12.3 Å². The standard InChI is InChI=1S/C15H21N3O2S/c1-11(19)21-10-12-8-15(20)17(9-12)14-6-7-16-18(14)13-4-2-3-5-13/h6-7,12-13H,2-5,8-10H2,1H3. The van der Waals surface area contributed by atoms with Gasteiger partial charge in [-0.25, -0.2) is 4.68 Å². The molecule has 2 heterocycles. The third kappa shape index (κ3) is 3.15. The van der Waals surface area contributed by atoms with Crippen LogP contribution in [-0.4, -0.2) is 33.1 Å². The van der Waals surface area contributed by atoms with Gasteiger partial charge in [-0.3, -0.25) is 14.5 Å². The number of thioether (sulfide) groups is 1. The number of nitrogens with zero attached hydrogens (tertiary/aromatic N) is 3. The molecule has 21 heavy (non-hydrogen) atoms. The maximum atomic E-state index is 12.3. The summed E-state index contributed by atoms with van der Waals surface area (Å²) < 4.78 is 2.03. The van der Waals surface area contributed by atoms with Gasteiger partial charge in [-0.15, -0.1) is 0 Å². The smallest absolute Gasteiger partial charge is 0.228 e. The molecule has 5 nitrogen and oxygen atoms in total. The van der Waals surface area contributed by atoms with Crippen LogP contribution in [0.4, 0.5) is 5.82 Å². The van der Waals surface area contributed by atoms with Gasteiger partial charge >= 0.3 is 0 Å². The Kier molecular flexibility index (Phi) is 4.33. The van der Waals surface area contributed by atoms with Crippen LogP contribution in [0.1, 0.15) is 45.1 Å². The van der Waals surface area contributed by atoms with E-state index in [2.05, 4.69) is 5.10 Å². The molecule has 114 valence electrons. The Morgan fingerprint density at radius 2 is 2.19 bits per heavy atom. The Balaban J connectivity index is 1.71. The van der Waals surface area contributed by atoms with E-state index in [1.54, 1.807) is 13.1 Å². The molecule has 0 N–H and O–H groups in total. The first kappa shape index (κ1) is 14.6. The van der Waals surface area contributed by atoms with Gasteiger partial charge in [0.05, 0.1) is 12.2 Å².